The summed E-state index contributed by atoms with van der Waals surface area (Å²) in [6, 6.07) is 0. The topological polar surface area (TPSA) is 95.9 Å². The van der Waals surface area contributed by atoms with Crippen LogP contribution in [0.4, 0.5) is 4.79 Å². The molecule has 0 aliphatic rings. The second-order valence-electron chi connectivity index (χ2n) is 4.92. The number of carbonyl (C=O) groups excluding carboxylic acids is 1. The Labute approximate surface area is 101 Å². The van der Waals surface area contributed by atoms with Crippen LogP contribution in [-0.4, -0.2) is 40.0 Å². The number of nitrogens with one attached hydrogen (secondary N) is 1. The summed E-state index contributed by atoms with van der Waals surface area (Å²) in [6.07, 6.45) is -0.191. The van der Waals surface area contributed by atoms with Crippen LogP contribution in [0.3, 0.4) is 0 Å². The van der Waals surface area contributed by atoms with Crippen LogP contribution in [0.2, 0.25) is 0 Å². The Morgan fingerprint density at radius 2 is 1.82 bits per heavy atom. The van der Waals surface area contributed by atoms with E-state index in [-0.39, 0.29) is 6.42 Å². The molecule has 0 radical (unpaired) electrons. The van der Waals surface area contributed by atoms with E-state index < -0.39 is 29.8 Å². The highest BCUT2D eigenvalue weighted by molar-refractivity contribution is 5.84. The van der Waals surface area contributed by atoms with Crippen LogP contribution in [0, 0.1) is 0 Å². The van der Waals surface area contributed by atoms with Crippen molar-refractivity contribution in [2.24, 2.45) is 0 Å². The standard InChI is InChI=1S/C11H21NO5/c1-5-6-11(7-13,8(14)15)12-9(16)17-10(2,3)4/h13H,5-7H2,1-4H3,(H,12,16)(H,14,15)/t11-/m0/s1. The van der Waals surface area contributed by atoms with Crippen molar-refractivity contribution in [1.82, 2.24) is 5.32 Å². The highest BCUT2D eigenvalue weighted by atomic mass is 16.6. The summed E-state index contributed by atoms with van der Waals surface area (Å²) in [5.74, 6) is -1.27. The van der Waals surface area contributed by atoms with Crippen LogP contribution in [0.25, 0.3) is 0 Å². The van der Waals surface area contributed by atoms with E-state index in [2.05, 4.69) is 5.32 Å². The van der Waals surface area contributed by atoms with E-state index >= 15 is 0 Å². The number of ether oxygens (including phenoxy) is 1. The van der Waals surface area contributed by atoms with E-state index in [1.165, 1.54) is 0 Å². The van der Waals surface area contributed by atoms with Crippen LogP contribution in [0.15, 0.2) is 0 Å². The van der Waals surface area contributed by atoms with Gasteiger partial charge in [-0.3, -0.25) is 0 Å². The van der Waals surface area contributed by atoms with Gasteiger partial charge in [0, 0.05) is 0 Å². The summed E-state index contributed by atoms with van der Waals surface area (Å²) in [5.41, 5.74) is -2.38. The van der Waals surface area contributed by atoms with Gasteiger partial charge in [0.1, 0.15) is 5.60 Å². The van der Waals surface area contributed by atoms with E-state index in [1.807, 2.05) is 0 Å². The molecule has 6 nitrogen and oxygen atoms in total. The number of carboxylic acids is 1. The minimum Gasteiger partial charge on any atom is -0.479 e. The normalized spacial score (nSPS) is 14.9. The highest BCUT2D eigenvalue weighted by Gasteiger charge is 2.39. The Kier molecular flexibility index (Phi) is 5.41. The highest BCUT2D eigenvalue weighted by Crippen LogP contribution is 2.15. The number of aliphatic hydroxyl groups excluding tert-OH is 1. The molecule has 17 heavy (non-hydrogen) atoms. The Morgan fingerprint density at radius 3 is 2.12 bits per heavy atom. The zero-order valence-corrected chi connectivity index (χ0v) is 10.7. The van der Waals surface area contributed by atoms with Crippen molar-refractivity contribution in [3.8, 4) is 0 Å². The number of rotatable bonds is 5. The number of amides is 1. The van der Waals surface area contributed by atoms with E-state index in [0.717, 1.165) is 0 Å². The minimum atomic E-state index is -1.67. The number of alkyl carbamates (subject to hydrolysis) is 1. The number of aliphatic hydroxyl groups is 1. The zero-order valence-electron chi connectivity index (χ0n) is 10.7. The van der Waals surface area contributed by atoms with Crippen molar-refractivity contribution in [3.05, 3.63) is 0 Å². The molecule has 0 aliphatic carbocycles. The summed E-state index contributed by atoms with van der Waals surface area (Å²) < 4.78 is 4.97. The van der Waals surface area contributed by atoms with E-state index in [4.69, 9.17) is 9.84 Å². The summed E-state index contributed by atoms with van der Waals surface area (Å²) in [5, 5.41) is 20.5. The number of hydrogen-bond donors (Lipinski definition) is 3. The molecule has 0 aromatic heterocycles. The average molecular weight is 247 g/mol. The molecule has 3 N–H and O–H groups in total. The quantitative estimate of drug-likeness (QED) is 0.676. The Morgan fingerprint density at radius 1 is 1.29 bits per heavy atom. The predicted molar refractivity (Wildman–Crippen MR) is 61.7 cm³/mol. The molecule has 0 aromatic rings. The monoisotopic (exact) mass is 247 g/mol. The van der Waals surface area contributed by atoms with Gasteiger partial charge >= 0.3 is 12.1 Å². The number of carbonyl (C=O) groups is 2. The molecule has 0 unspecified atom stereocenters. The molecule has 0 heterocycles. The maximum absolute atomic E-state index is 11.5. The molecule has 1 amide bonds. The van der Waals surface area contributed by atoms with Gasteiger partial charge in [-0.05, 0) is 27.2 Å². The van der Waals surface area contributed by atoms with Gasteiger partial charge in [0.15, 0.2) is 5.54 Å². The van der Waals surface area contributed by atoms with Crippen molar-refractivity contribution in [3.63, 3.8) is 0 Å². The lowest BCUT2D eigenvalue weighted by Gasteiger charge is -2.29. The van der Waals surface area contributed by atoms with Crippen LogP contribution >= 0.6 is 0 Å². The van der Waals surface area contributed by atoms with E-state index in [9.17, 15) is 14.7 Å². The molecular weight excluding hydrogens is 226 g/mol. The second kappa shape index (κ2) is 5.86. The van der Waals surface area contributed by atoms with E-state index in [1.54, 1.807) is 27.7 Å². The summed E-state index contributed by atoms with van der Waals surface area (Å²) >= 11 is 0. The molecule has 6 heteroatoms. The first-order valence-corrected chi connectivity index (χ1v) is 5.52. The first kappa shape index (κ1) is 15.7. The molecule has 0 aromatic carbocycles. The molecular formula is C11H21NO5. The molecule has 0 saturated heterocycles. The molecule has 100 valence electrons. The number of hydrogen-bond acceptors (Lipinski definition) is 4. The lowest BCUT2D eigenvalue weighted by atomic mass is 9.95. The van der Waals surface area contributed by atoms with E-state index in [0.29, 0.717) is 6.42 Å². The third kappa shape index (κ3) is 5.04. The Balaban J connectivity index is 4.75. The number of carboxylic acid groups (broad SMARTS) is 1. The molecule has 0 spiro atoms. The first-order chi connectivity index (χ1) is 7.67. The van der Waals surface area contributed by atoms with Crippen LogP contribution in [-0.2, 0) is 9.53 Å². The SMILES string of the molecule is CCC[C@@](CO)(NC(=O)OC(C)(C)C)C(=O)O. The Hall–Kier alpha value is -1.30. The molecule has 0 saturated carbocycles. The largest absolute Gasteiger partial charge is 0.479 e. The van der Waals surface area contributed by atoms with Crippen molar-refractivity contribution in [2.45, 2.75) is 51.7 Å². The van der Waals surface area contributed by atoms with Crippen LogP contribution in [0.5, 0.6) is 0 Å². The predicted octanol–water partition coefficient (Wildman–Crippen LogP) is 1.13. The van der Waals surface area contributed by atoms with Gasteiger partial charge in [0.25, 0.3) is 0 Å². The van der Waals surface area contributed by atoms with Gasteiger partial charge in [0.05, 0.1) is 6.61 Å². The molecule has 0 aliphatic heterocycles. The van der Waals surface area contributed by atoms with Crippen LogP contribution < -0.4 is 5.32 Å². The fourth-order valence-corrected chi connectivity index (χ4v) is 1.33. The fourth-order valence-electron chi connectivity index (χ4n) is 1.33. The zero-order chi connectivity index (χ0) is 13.7. The van der Waals surface area contributed by atoms with Crippen molar-refractivity contribution in [1.29, 1.82) is 0 Å². The minimum absolute atomic E-state index is 0.137. The number of aliphatic carboxylic acids is 1. The van der Waals surface area contributed by atoms with Gasteiger partial charge in [-0.25, -0.2) is 9.59 Å². The summed E-state index contributed by atoms with van der Waals surface area (Å²) in [6.45, 7) is 6.12. The van der Waals surface area contributed by atoms with Gasteiger partial charge in [-0.2, -0.15) is 0 Å². The third-order valence-electron chi connectivity index (χ3n) is 2.10. The van der Waals surface area contributed by atoms with Crippen molar-refractivity contribution < 1.29 is 24.5 Å². The van der Waals surface area contributed by atoms with Gasteiger partial charge in [-0.15, -0.1) is 0 Å². The molecule has 1 atom stereocenters. The molecule has 0 rings (SSSR count). The Bertz CT molecular complexity index is 284. The lowest BCUT2D eigenvalue weighted by Crippen LogP contribution is -2.58. The maximum atomic E-state index is 11.5. The van der Waals surface area contributed by atoms with Crippen LogP contribution in [0.1, 0.15) is 40.5 Å². The van der Waals surface area contributed by atoms with Crippen molar-refractivity contribution in [2.75, 3.05) is 6.61 Å². The first-order valence-electron chi connectivity index (χ1n) is 5.52. The summed E-state index contributed by atoms with van der Waals surface area (Å²) in [7, 11) is 0. The second-order valence-corrected chi connectivity index (χ2v) is 4.92. The van der Waals surface area contributed by atoms with Gasteiger partial charge < -0.3 is 20.3 Å². The molecule has 0 fully saturated rings. The average Bonchev–Trinajstić information content (AvgIpc) is 2.13. The van der Waals surface area contributed by atoms with Gasteiger partial charge in [0.2, 0.25) is 0 Å². The van der Waals surface area contributed by atoms with Gasteiger partial charge in [-0.1, -0.05) is 13.3 Å². The smallest absolute Gasteiger partial charge is 0.408 e. The third-order valence-corrected chi connectivity index (χ3v) is 2.10. The summed E-state index contributed by atoms with van der Waals surface area (Å²) in [4.78, 5) is 22.6. The maximum Gasteiger partial charge on any atom is 0.408 e. The van der Waals surface area contributed by atoms with Crippen molar-refractivity contribution >= 4 is 12.1 Å². The fraction of sp³-hybridized carbons (Fsp3) is 0.818. The molecule has 0 bridgehead atoms. The lowest BCUT2D eigenvalue weighted by molar-refractivity contribution is -0.147.